The summed E-state index contributed by atoms with van der Waals surface area (Å²) < 4.78 is 5.14. The van der Waals surface area contributed by atoms with Crippen molar-refractivity contribution in [2.75, 3.05) is 17.7 Å². The molecule has 0 atom stereocenters. The highest BCUT2D eigenvalue weighted by molar-refractivity contribution is 6.05. The number of nitrogens with one attached hydrogen (secondary N) is 2. The number of anilines is 2. The Hall–Kier alpha value is -3.85. The van der Waals surface area contributed by atoms with Gasteiger partial charge in [-0.15, -0.1) is 0 Å². The first-order chi connectivity index (χ1) is 13.2. The van der Waals surface area contributed by atoms with Gasteiger partial charge in [0.2, 0.25) is 0 Å². The van der Waals surface area contributed by atoms with E-state index in [2.05, 4.69) is 21.7 Å². The summed E-state index contributed by atoms with van der Waals surface area (Å²) in [7, 11) is 1.63. The zero-order chi connectivity index (χ0) is 19.1. The second-order valence-corrected chi connectivity index (χ2v) is 5.78. The van der Waals surface area contributed by atoms with E-state index in [9.17, 15) is 4.79 Å². The van der Waals surface area contributed by atoms with Gasteiger partial charge in [0, 0.05) is 18.9 Å². The number of carbonyl (C=O) groups excluding carboxylic acids is 1. The van der Waals surface area contributed by atoms with E-state index in [0.29, 0.717) is 23.4 Å². The van der Waals surface area contributed by atoms with Crippen LogP contribution in [0, 0.1) is 11.3 Å². The highest BCUT2D eigenvalue weighted by Crippen LogP contribution is 2.17. The lowest BCUT2D eigenvalue weighted by atomic mass is 10.1. The average molecular weight is 358 g/mol. The third-order valence-corrected chi connectivity index (χ3v) is 3.95. The number of hydrogen-bond donors (Lipinski definition) is 2. The second kappa shape index (κ2) is 8.50. The first-order valence-electron chi connectivity index (χ1n) is 8.32. The number of para-hydroxylation sites is 1. The maximum atomic E-state index is 12.5. The van der Waals surface area contributed by atoms with E-state index in [-0.39, 0.29) is 5.91 Å². The van der Waals surface area contributed by atoms with Gasteiger partial charge in [0.25, 0.3) is 5.91 Å². The van der Waals surface area contributed by atoms with Crippen LogP contribution in [0.15, 0.2) is 67.0 Å². The minimum absolute atomic E-state index is 0.321. The van der Waals surface area contributed by atoms with Crippen LogP contribution in [-0.4, -0.2) is 18.0 Å². The molecule has 134 valence electrons. The molecule has 0 fully saturated rings. The first kappa shape index (κ1) is 18.0. The van der Waals surface area contributed by atoms with Crippen molar-refractivity contribution in [2.45, 2.75) is 6.54 Å². The average Bonchev–Trinajstić information content (AvgIpc) is 2.73. The van der Waals surface area contributed by atoms with E-state index >= 15 is 0 Å². The van der Waals surface area contributed by atoms with Gasteiger partial charge < -0.3 is 15.4 Å². The normalized spacial score (nSPS) is 9.93. The highest BCUT2D eigenvalue weighted by Gasteiger charge is 2.10. The van der Waals surface area contributed by atoms with Gasteiger partial charge in [0.15, 0.2) is 0 Å². The minimum Gasteiger partial charge on any atom is -0.497 e. The van der Waals surface area contributed by atoms with Crippen molar-refractivity contribution >= 4 is 17.3 Å². The summed E-state index contributed by atoms with van der Waals surface area (Å²) in [5.41, 5.74) is 3.09. The number of ether oxygens (including phenoxy) is 1. The van der Waals surface area contributed by atoms with Gasteiger partial charge in [-0.05, 0) is 35.9 Å². The third-order valence-electron chi connectivity index (χ3n) is 3.95. The molecule has 6 heteroatoms. The van der Waals surface area contributed by atoms with Gasteiger partial charge in [0.05, 0.1) is 29.6 Å². The molecule has 0 bridgehead atoms. The van der Waals surface area contributed by atoms with Crippen LogP contribution in [0.25, 0.3) is 0 Å². The van der Waals surface area contributed by atoms with E-state index in [4.69, 9.17) is 10.00 Å². The second-order valence-electron chi connectivity index (χ2n) is 5.78. The summed E-state index contributed by atoms with van der Waals surface area (Å²) >= 11 is 0. The Morgan fingerprint density at radius 2 is 1.93 bits per heavy atom. The van der Waals surface area contributed by atoms with Crippen molar-refractivity contribution < 1.29 is 9.53 Å². The lowest BCUT2D eigenvalue weighted by molar-refractivity contribution is 0.102. The lowest BCUT2D eigenvalue weighted by Crippen LogP contribution is -2.13. The van der Waals surface area contributed by atoms with Crippen LogP contribution in [0.4, 0.5) is 11.4 Å². The van der Waals surface area contributed by atoms with E-state index in [1.54, 1.807) is 43.6 Å². The van der Waals surface area contributed by atoms with Crippen LogP contribution in [-0.2, 0) is 6.54 Å². The van der Waals surface area contributed by atoms with Crippen molar-refractivity contribution in [3.63, 3.8) is 0 Å². The summed E-state index contributed by atoms with van der Waals surface area (Å²) in [6.45, 7) is 0.591. The summed E-state index contributed by atoms with van der Waals surface area (Å²) in [6, 6.07) is 18.4. The Morgan fingerprint density at radius 1 is 1.15 bits per heavy atom. The monoisotopic (exact) mass is 358 g/mol. The largest absolute Gasteiger partial charge is 0.497 e. The molecule has 27 heavy (non-hydrogen) atoms. The van der Waals surface area contributed by atoms with Crippen LogP contribution < -0.4 is 15.4 Å². The van der Waals surface area contributed by atoms with Gasteiger partial charge in [-0.3, -0.25) is 9.78 Å². The molecule has 0 saturated heterocycles. The number of methoxy groups -OCH3 is 1. The molecule has 0 unspecified atom stereocenters. The molecule has 0 aliphatic heterocycles. The van der Waals surface area contributed by atoms with Crippen LogP contribution in [0.5, 0.6) is 5.75 Å². The molecular weight excluding hydrogens is 340 g/mol. The molecule has 3 aromatic rings. The Morgan fingerprint density at radius 3 is 2.67 bits per heavy atom. The Balaban J connectivity index is 1.67. The number of hydrogen-bond acceptors (Lipinski definition) is 5. The number of amides is 1. The number of rotatable bonds is 6. The molecule has 1 aromatic heterocycles. The quantitative estimate of drug-likeness (QED) is 0.699. The maximum absolute atomic E-state index is 12.5. The predicted molar refractivity (Wildman–Crippen MR) is 104 cm³/mol. The summed E-state index contributed by atoms with van der Waals surface area (Å²) in [4.78, 5) is 16.6. The fourth-order valence-electron chi connectivity index (χ4n) is 2.49. The maximum Gasteiger partial charge on any atom is 0.257 e. The number of pyridine rings is 1. The van der Waals surface area contributed by atoms with Crippen molar-refractivity contribution in [2.24, 2.45) is 0 Å². The minimum atomic E-state index is -0.321. The van der Waals surface area contributed by atoms with E-state index < -0.39 is 0 Å². The number of benzene rings is 2. The van der Waals surface area contributed by atoms with Gasteiger partial charge in [-0.25, -0.2) is 0 Å². The number of nitrogens with zero attached hydrogens (tertiary/aromatic N) is 2. The first-order valence-corrected chi connectivity index (χ1v) is 8.32. The number of nitriles is 1. The Kier molecular flexibility index (Phi) is 5.65. The fraction of sp³-hybridized carbons (Fsp3) is 0.0952. The van der Waals surface area contributed by atoms with Gasteiger partial charge in [-0.2, -0.15) is 5.26 Å². The van der Waals surface area contributed by atoms with Crippen LogP contribution in [0.1, 0.15) is 21.5 Å². The van der Waals surface area contributed by atoms with Crippen molar-refractivity contribution in [3.8, 4) is 11.8 Å². The molecule has 2 aromatic carbocycles. The summed E-state index contributed by atoms with van der Waals surface area (Å²) in [6.07, 6.45) is 3.15. The summed E-state index contributed by atoms with van der Waals surface area (Å²) in [5, 5.41) is 15.1. The molecule has 0 spiro atoms. The number of aromatic nitrogens is 1. The topological polar surface area (TPSA) is 87.0 Å². The van der Waals surface area contributed by atoms with Gasteiger partial charge in [-0.1, -0.05) is 24.3 Å². The van der Waals surface area contributed by atoms with Gasteiger partial charge >= 0.3 is 0 Å². The smallest absolute Gasteiger partial charge is 0.257 e. The molecular formula is C21H18N4O2. The van der Waals surface area contributed by atoms with E-state index in [1.807, 2.05) is 24.3 Å². The van der Waals surface area contributed by atoms with Gasteiger partial charge in [0.1, 0.15) is 11.8 Å². The molecule has 0 saturated carbocycles. The fourth-order valence-corrected chi connectivity index (χ4v) is 2.49. The molecule has 1 heterocycles. The molecule has 0 aliphatic carbocycles. The molecule has 0 aliphatic rings. The van der Waals surface area contributed by atoms with Crippen LogP contribution >= 0.6 is 0 Å². The molecule has 0 radical (unpaired) electrons. The van der Waals surface area contributed by atoms with E-state index in [1.165, 1.54) is 6.20 Å². The summed E-state index contributed by atoms with van der Waals surface area (Å²) in [5.74, 6) is 0.482. The molecule has 2 N–H and O–H groups in total. The van der Waals surface area contributed by atoms with Crippen molar-refractivity contribution in [3.05, 3.63) is 83.7 Å². The molecule has 3 rings (SSSR count). The zero-order valence-electron chi connectivity index (χ0n) is 14.8. The number of carbonyl (C=O) groups is 1. The molecule has 6 nitrogen and oxygen atoms in total. The van der Waals surface area contributed by atoms with E-state index in [0.717, 1.165) is 17.0 Å². The van der Waals surface area contributed by atoms with Crippen LogP contribution in [0.3, 0.4) is 0 Å². The standard InChI is InChI=1S/C21H18N4O2/c1-27-19-8-6-15(7-9-19)12-24-18-10-17(13-23-14-18)21(26)25-20-5-3-2-4-16(20)11-22/h2-10,13-14,24H,12H2,1H3,(H,25,26). The molecule has 1 amide bonds. The Labute approximate surface area is 157 Å². The zero-order valence-corrected chi connectivity index (χ0v) is 14.8. The highest BCUT2D eigenvalue weighted by atomic mass is 16.5. The lowest BCUT2D eigenvalue weighted by Gasteiger charge is -2.10. The predicted octanol–water partition coefficient (Wildman–Crippen LogP) is 3.83. The van der Waals surface area contributed by atoms with Crippen LogP contribution in [0.2, 0.25) is 0 Å². The third kappa shape index (κ3) is 4.61. The SMILES string of the molecule is COc1ccc(CNc2cncc(C(=O)Nc3ccccc3C#N)c2)cc1. The van der Waals surface area contributed by atoms with Crippen molar-refractivity contribution in [1.82, 2.24) is 4.98 Å². The Bertz CT molecular complexity index is 978. The van der Waals surface area contributed by atoms with Crippen molar-refractivity contribution in [1.29, 1.82) is 5.26 Å².